The van der Waals surface area contributed by atoms with Gasteiger partial charge in [-0.1, -0.05) is 29.8 Å². The second kappa shape index (κ2) is 6.38. The molecule has 2 heterocycles. The average Bonchev–Trinajstić information content (AvgIpc) is 3.24. The van der Waals surface area contributed by atoms with Crippen LogP contribution in [0.2, 0.25) is 0 Å². The maximum Gasteiger partial charge on any atom is 0.273 e. The minimum atomic E-state index is -0.0906. The zero-order valence-corrected chi connectivity index (χ0v) is 14.1. The molecular formula is C18H18N2O2S. The molecule has 0 saturated carbocycles. The Morgan fingerprint density at radius 1 is 1.26 bits per heavy atom. The van der Waals surface area contributed by atoms with Crippen LogP contribution in [0.5, 0.6) is 0 Å². The lowest BCUT2D eigenvalue weighted by atomic mass is 10.1. The van der Waals surface area contributed by atoms with Crippen molar-refractivity contribution in [1.29, 1.82) is 0 Å². The number of nitrogens with zero attached hydrogens (tertiary/aromatic N) is 2. The van der Waals surface area contributed by atoms with Gasteiger partial charge in [0, 0.05) is 12.4 Å². The van der Waals surface area contributed by atoms with Gasteiger partial charge in [-0.25, -0.2) is 4.98 Å². The molecule has 0 aliphatic heterocycles. The maximum atomic E-state index is 12.6. The number of aryl methyl sites for hydroxylation is 1. The third-order valence-corrected chi connectivity index (χ3v) is 4.77. The zero-order valence-electron chi connectivity index (χ0n) is 13.3. The summed E-state index contributed by atoms with van der Waals surface area (Å²) in [5.41, 5.74) is 2.76. The second-order valence-electron chi connectivity index (χ2n) is 5.52. The Morgan fingerprint density at radius 2 is 2.00 bits per heavy atom. The molecule has 0 radical (unpaired) electrons. The molecule has 0 saturated heterocycles. The van der Waals surface area contributed by atoms with Crippen LogP contribution in [0.1, 0.15) is 34.6 Å². The van der Waals surface area contributed by atoms with Crippen LogP contribution in [-0.4, -0.2) is 22.8 Å². The monoisotopic (exact) mass is 326 g/mol. The Morgan fingerprint density at radius 3 is 2.65 bits per heavy atom. The van der Waals surface area contributed by atoms with E-state index in [1.165, 1.54) is 16.9 Å². The molecule has 1 unspecified atom stereocenters. The van der Waals surface area contributed by atoms with Crippen molar-refractivity contribution in [2.75, 3.05) is 7.05 Å². The van der Waals surface area contributed by atoms with Gasteiger partial charge in [-0.2, -0.15) is 0 Å². The third kappa shape index (κ3) is 3.19. The molecule has 0 N–H and O–H groups in total. The van der Waals surface area contributed by atoms with Gasteiger partial charge in [-0.3, -0.25) is 4.79 Å². The summed E-state index contributed by atoms with van der Waals surface area (Å²) >= 11 is 1.41. The van der Waals surface area contributed by atoms with Gasteiger partial charge in [-0.05, 0) is 31.5 Å². The molecule has 5 heteroatoms. The molecule has 0 fully saturated rings. The lowest BCUT2D eigenvalue weighted by molar-refractivity contribution is 0.0737. The van der Waals surface area contributed by atoms with Crippen LogP contribution in [0.25, 0.3) is 10.8 Å². The first-order valence-electron chi connectivity index (χ1n) is 7.39. The highest BCUT2D eigenvalue weighted by molar-refractivity contribution is 7.13. The molecule has 3 aromatic rings. The van der Waals surface area contributed by atoms with E-state index in [2.05, 4.69) is 36.2 Å². The first-order valence-corrected chi connectivity index (χ1v) is 8.27. The Kier molecular flexibility index (Phi) is 4.30. The van der Waals surface area contributed by atoms with Crippen molar-refractivity contribution in [3.8, 4) is 10.8 Å². The first-order chi connectivity index (χ1) is 11.1. The summed E-state index contributed by atoms with van der Waals surface area (Å²) in [6.45, 7) is 4.07. The minimum absolute atomic E-state index is 0.0168. The highest BCUT2D eigenvalue weighted by Crippen LogP contribution is 2.26. The van der Waals surface area contributed by atoms with Crippen LogP contribution in [0.4, 0.5) is 0 Å². The number of carbonyl (C=O) groups is 1. The van der Waals surface area contributed by atoms with E-state index in [4.69, 9.17) is 4.42 Å². The number of furan rings is 1. The SMILES string of the molecule is Cc1ccc(C(C)N(C)C(=O)c2csc(-c3ccco3)n2)cc1. The van der Waals surface area contributed by atoms with Crippen molar-refractivity contribution in [3.05, 3.63) is 64.9 Å². The van der Waals surface area contributed by atoms with E-state index in [0.717, 1.165) is 10.6 Å². The van der Waals surface area contributed by atoms with E-state index in [0.29, 0.717) is 11.5 Å². The average molecular weight is 326 g/mol. The summed E-state index contributed by atoms with van der Waals surface area (Å²) in [5.74, 6) is 0.593. The fourth-order valence-corrected chi connectivity index (χ4v) is 3.07. The standard InChI is InChI=1S/C18H18N2O2S/c1-12-6-8-14(9-7-12)13(2)20(3)18(21)15-11-23-17(19-15)16-5-4-10-22-16/h4-11,13H,1-3H3. The van der Waals surface area contributed by atoms with Gasteiger partial charge in [0.15, 0.2) is 10.8 Å². The summed E-state index contributed by atoms with van der Waals surface area (Å²) in [6.07, 6.45) is 1.60. The Balaban J connectivity index is 1.78. The molecule has 0 aliphatic rings. The zero-order chi connectivity index (χ0) is 16.4. The lowest BCUT2D eigenvalue weighted by Crippen LogP contribution is -2.29. The van der Waals surface area contributed by atoms with E-state index >= 15 is 0 Å². The summed E-state index contributed by atoms with van der Waals surface area (Å²) in [6, 6.07) is 11.9. The van der Waals surface area contributed by atoms with Crippen molar-refractivity contribution in [2.45, 2.75) is 19.9 Å². The van der Waals surface area contributed by atoms with E-state index < -0.39 is 0 Å². The van der Waals surface area contributed by atoms with Gasteiger partial charge in [-0.15, -0.1) is 11.3 Å². The quantitative estimate of drug-likeness (QED) is 0.707. The van der Waals surface area contributed by atoms with Gasteiger partial charge < -0.3 is 9.32 Å². The van der Waals surface area contributed by atoms with Gasteiger partial charge >= 0.3 is 0 Å². The third-order valence-electron chi connectivity index (χ3n) is 3.92. The van der Waals surface area contributed by atoms with Gasteiger partial charge in [0.1, 0.15) is 5.69 Å². The Hall–Kier alpha value is -2.40. The number of benzene rings is 1. The largest absolute Gasteiger partial charge is 0.462 e. The molecule has 118 valence electrons. The van der Waals surface area contributed by atoms with Crippen molar-refractivity contribution in [1.82, 2.24) is 9.88 Å². The molecule has 2 aromatic heterocycles. The summed E-state index contributed by atoms with van der Waals surface area (Å²) in [7, 11) is 1.80. The number of aromatic nitrogens is 1. The number of hydrogen-bond donors (Lipinski definition) is 0. The smallest absolute Gasteiger partial charge is 0.273 e. The van der Waals surface area contributed by atoms with Gasteiger partial charge in [0.25, 0.3) is 5.91 Å². The maximum absolute atomic E-state index is 12.6. The van der Waals surface area contributed by atoms with Crippen LogP contribution in [0.3, 0.4) is 0 Å². The molecule has 23 heavy (non-hydrogen) atoms. The molecule has 1 atom stereocenters. The number of amides is 1. The van der Waals surface area contributed by atoms with Gasteiger partial charge in [0.05, 0.1) is 12.3 Å². The van der Waals surface area contributed by atoms with E-state index in [9.17, 15) is 4.79 Å². The highest BCUT2D eigenvalue weighted by Gasteiger charge is 2.21. The Bertz CT molecular complexity index is 791. The fraction of sp³-hybridized carbons (Fsp3) is 0.222. The van der Waals surface area contributed by atoms with E-state index in [1.54, 1.807) is 23.6 Å². The number of thiazole rings is 1. The minimum Gasteiger partial charge on any atom is -0.462 e. The molecule has 1 aromatic carbocycles. The topological polar surface area (TPSA) is 46.3 Å². The molecule has 0 spiro atoms. The van der Waals surface area contributed by atoms with Crippen molar-refractivity contribution >= 4 is 17.2 Å². The number of rotatable bonds is 4. The van der Waals surface area contributed by atoms with Crippen molar-refractivity contribution in [2.24, 2.45) is 0 Å². The normalized spacial score (nSPS) is 12.1. The molecule has 4 nitrogen and oxygen atoms in total. The summed E-state index contributed by atoms with van der Waals surface area (Å²) < 4.78 is 5.32. The van der Waals surface area contributed by atoms with Crippen LogP contribution in [0, 0.1) is 6.92 Å². The van der Waals surface area contributed by atoms with E-state index in [-0.39, 0.29) is 11.9 Å². The first kappa shape index (κ1) is 15.5. The lowest BCUT2D eigenvalue weighted by Gasteiger charge is -2.24. The van der Waals surface area contributed by atoms with Gasteiger partial charge in [0.2, 0.25) is 0 Å². The molecule has 0 aliphatic carbocycles. The number of carbonyl (C=O) groups excluding carboxylic acids is 1. The predicted octanol–water partition coefficient (Wildman–Crippen LogP) is 4.54. The van der Waals surface area contributed by atoms with Crippen molar-refractivity contribution in [3.63, 3.8) is 0 Å². The summed E-state index contributed by atoms with van der Waals surface area (Å²) in [5, 5.41) is 2.49. The van der Waals surface area contributed by atoms with Crippen molar-refractivity contribution < 1.29 is 9.21 Å². The Labute approximate surface area is 139 Å². The fourth-order valence-electron chi connectivity index (χ4n) is 2.31. The van der Waals surface area contributed by atoms with E-state index in [1.807, 2.05) is 19.1 Å². The molecule has 3 rings (SSSR count). The van der Waals surface area contributed by atoms with Crippen LogP contribution >= 0.6 is 11.3 Å². The number of hydrogen-bond acceptors (Lipinski definition) is 4. The van der Waals surface area contributed by atoms with Crippen LogP contribution < -0.4 is 0 Å². The summed E-state index contributed by atoms with van der Waals surface area (Å²) in [4.78, 5) is 18.8. The predicted molar refractivity (Wildman–Crippen MR) is 91.5 cm³/mol. The molecular weight excluding hydrogens is 308 g/mol. The van der Waals surface area contributed by atoms with Crippen LogP contribution in [-0.2, 0) is 0 Å². The van der Waals surface area contributed by atoms with Crippen LogP contribution in [0.15, 0.2) is 52.5 Å². The molecule has 1 amide bonds. The molecule has 0 bridgehead atoms. The second-order valence-corrected chi connectivity index (χ2v) is 6.38. The highest BCUT2D eigenvalue weighted by atomic mass is 32.1.